The summed E-state index contributed by atoms with van der Waals surface area (Å²) in [5.74, 6) is 0.271. The highest BCUT2D eigenvalue weighted by Crippen LogP contribution is 2.28. The molecule has 1 fully saturated rings. The molecule has 0 unspecified atom stereocenters. The average molecular weight is 533 g/mol. The van der Waals surface area contributed by atoms with Crippen molar-refractivity contribution in [1.82, 2.24) is 4.90 Å². The van der Waals surface area contributed by atoms with Crippen LogP contribution in [0.1, 0.15) is 23.2 Å². The number of nitrogens with zero attached hydrogens (tertiary/aromatic N) is 1. The first-order valence-corrected chi connectivity index (χ1v) is 9.67. The van der Waals surface area contributed by atoms with E-state index in [4.69, 9.17) is 12.2 Å². The minimum atomic E-state index is -0.0783. The van der Waals surface area contributed by atoms with E-state index >= 15 is 0 Å². The van der Waals surface area contributed by atoms with Gasteiger partial charge in [0, 0.05) is 16.7 Å². The van der Waals surface area contributed by atoms with E-state index < -0.39 is 0 Å². The van der Waals surface area contributed by atoms with E-state index in [-0.39, 0.29) is 17.3 Å². The number of thioether (sulfide) groups is 1. The largest absolute Gasteiger partial charge is 0.506 e. The maximum absolute atomic E-state index is 12.2. The molecular formula is C13H13I2NO2S2. The van der Waals surface area contributed by atoms with Gasteiger partial charge in [0.05, 0.1) is 14.9 Å². The summed E-state index contributed by atoms with van der Waals surface area (Å²) in [6, 6.07) is 3.56. The van der Waals surface area contributed by atoms with Crippen molar-refractivity contribution < 1.29 is 9.90 Å². The normalized spacial score (nSPS) is 14.6. The molecule has 1 aliphatic rings. The molecular weight excluding hydrogens is 520 g/mol. The fourth-order valence-electron chi connectivity index (χ4n) is 1.97. The van der Waals surface area contributed by atoms with Gasteiger partial charge in [-0.05, 0) is 70.2 Å². The molecule has 1 heterocycles. The molecule has 1 aromatic rings. The molecule has 1 saturated heterocycles. The highest BCUT2D eigenvalue weighted by atomic mass is 127. The van der Waals surface area contributed by atoms with Gasteiger partial charge in [-0.15, -0.1) is 0 Å². The van der Waals surface area contributed by atoms with Crippen LogP contribution in [-0.4, -0.2) is 39.0 Å². The zero-order valence-electron chi connectivity index (χ0n) is 10.6. The first-order valence-electron chi connectivity index (χ1n) is 6.12. The second-order valence-corrected chi connectivity index (χ2v) is 8.47. The van der Waals surface area contributed by atoms with Crippen molar-refractivity contribution in [1.29, 1.82) is 0 Å². The van der Waals surface area contributed by atoms with Crippen LogP contribution in [0.2, 0.25) is 0 Å². The number of benzene rings is 1. The second kappa shape index (κ2) is 7.59. The standard InChI is InChI=1S/C13H13I2NO2S2/c14-8-5-9(12(18)10(15)6-8)11(17)7-20-13(19)16-3-1-2-4-16/h5-6,18H,1-4,7H2. The van der Waals surface area contributed by atoms with Gasteiger partial charge in [-0.2, -0.15) is 0 Å². The van der Waals surface area contributed by atoms with Gasteiger partial charge in [-0.1, -0.05) is 24.0 Å². The van der Waals surface area contributed by atoms with Gasteiger partial charge in [-0.25, -0.2) is 0 Å². The van der Waals surface area contributed by atoms with E-state index in [2.05, 4.69) is 27.5 Å². The van der Waals surface area contributed by atoms with E-state index in [0.717, 1.165) is 21.0 Å². The number of phenols is 1. The number of carbonyl (C=O) groups excluding carboxylic acids is 1. The minimum Gasteiger partial charge on any atom is -0.506 e. The Morgan fingerprint density at radius 1 is 1.35 bits per heavy atom. The number of carbonyl (C=O) groups is 1. The summed E-state index contributed by atoms with van der Waals surface area (Å²) < 4.78 is 2.43. The maximum Gasteiger partial charge on any atom is 0.176 e. The summed E-state index contributed by atoms with van der Waals surface area (Å²) in [6.07, 6.45) is 2.34. The summed E-state index contributed by atoms with van der Waals surface area (Å²) >= 11 is 10.9. The molecule has 0 radical (unpaired) electrons. The van der Waals surface area contributed by atoms with Crippen LogP contribution < -0.4 is 0 Å². The zero-order chi connectivity index (χ0) is 14.7. The number of thiocarbonyl (C=S) groups is 1. The molecule has 2 rings (SSSR count). The SMILES string of the molecule is O=C(CSC(=S)N1CCCC1)c1cc(I)cc(I)c1O. The lowest BCUT2D eigenvalue weighted by Gasteiger charge is -2.17. The maximum atomic E-state index is 12.2. The first kappa shape index (κ1) is 16.8. The molecule has 3 nitrogen and oxygen atoms in total. The molecule has 0 bridgehead atoms. The number of hydrogen-bond donors (Lipinski definition) is 1. The van der Waals surface area contributed by atoms with E-state index in [1.807, 2.05) is 28.7 Å². The van der Waals surface area contributed by atoms with Crippen LogP contribution in [-0.2, 0) is 0 Å². The Balaban J connectivity index is 2.00. The van der Waals surface area contributed by atoms with Crippen LogP contribution in [0.25, 0.3) is 0 Å². The van der Waals surface area contributed by atoms with Gasteiger partial charge in [0.2, 0.25) is 0 Å². The van der Waals surface area contributed by atoms with E-state index in [9.17, 15) is 9.90 Å². The lowest BCUT2D eigenvalue weighted by molar-refractivity contribution is 0.102. The number of likely N-dealkylation sites (tertiary alicyclic amines) is 1. The molecule has 0 aliphatic carbocycles. The summed E-state index contributed by atoms with van der Waals surface area (Å²) in [7, 11) is 0. The number of hydrogen-bond acceptors (Lipinski definition) is 4. The Kier molecular flexibility index (Phi) is 6.36. The molecule has 0 spiro atoms. The topological polar surface area (TPSA) is 40.5 Å². The number of phenolic OH excluding ortho intramolecular Hbond substituents is 1. The lowest BCUT2D eigenvalue weighted by Crippen LogP contribution is -2.24. The predicted octanol–water partition coefficient (Wildman–Crippen LogP) is 3.90. The summed E-state index contributed by atoms with van der Waals surface area (Å²) in [6.45, 7) is 1.98. The Labute approximate surface area is 155 Å². The zero-order valence-corrected chi connectivity index (χ0v) is 16.5. The van der Waals surface area contributed by atoms with Gasteiger partial charge in [0.15, 0.2) is 5.78 Å². The van der Waals surface area contributed by atoms with Crippen LogP contribution in [0.5, 0.6) is 5.75 Å². The molecule has 0 amide bonds. The number of Topliss-reactive ketones (excluding diaryl/α,β-unsaturated/α-hetero) is 1. The highest BCUT2D eigenvalue weighted by Gasteiger charge is 2.19. The minimum absolute atomic E-state index is 0.0729. The fourth-order valence-corrected chi connectivity index (χ4v) is 4.95. The van der Waals surface area contributed by atoms with Crippen molar-refractivity contribution >= 4 is 79.3 Å². The van der Waals surface area contributed by atoms with Crippen LogP contribution >= 0.6 is 69.2 Å². The quantitative estimate of drug-likeness (QED) is 0.363. The average Bonchev–Trinajstić information content (AvgIpc) is 2.93. The highest BCUT2D eigenvalue weighted by molar-refractivity contribution is 14.1. The third-order valence-corrected chi connectivity index (χ3v) is 5.99. The Morgan fingerprint density at radius 2 is 2.00 bits per heavy atom. The Bertz CT molecular complexity index is 545. The van der Waals surface area contributed by atoms with Gasteiger partial charge in [0.1, 0.15) is 10.1 Å². The number of halogens is 2. The summed E-state index contributed by atoms with van der Waals surface area (Å²) in [5.41, 5.74) is 0.387. The molecule has 1 aromatic carbocycles. The second-order valence-electron chi connectivity index (χ2n) is 4.46. The van der Waals surface area contributed by atoms with Crippen molar-refractivity contribution in [3.63, 3.8) is 0 Å². The van der Waals surface area contributed by atoms with E-state index in [1.165, 1.54) is 24.6 Å². The van der Waals surface area contributed by atoms with Gasteiger partial charge >= 0.3 is 0 Å². The molecule has 20 heavy (non-hydrogen) atoms. The van der Waals surface area contributed by atoms with E-state index in [1.54, 1.807) is 6.07 Å². The molecule has 1 N–H and O–H groups in total. The monoisotopic (exact) mass is 533 g/mol. The Morgan fingerprint density at radius 3 is 2.65 bits per heavy atom. The third kappa shape index (κ3) is 4.20. The van der Waals surface area contributed by atoms with Crippen molar-refractivity contribution in [2.24, 2.45) is 0 Å². The van der Waals surface area contributed by atoms with Crippen LogP contribution in [0.3, 0.4) is 0 Å². The smallest absolute Gasteiger partial charge is 0.176 e. The van der Waals surface area contributed by atoms with Crippen molar-refractivity contribution in [2.45, 2.75) is 12.8 Å². The molecule has 108 valence electrons. The molecule has 0 atom stereocenters. The number of aromatic hydroxyl groups is 1. The summed E-state index contributed by atoms with van der Waals surface area (Å²) in [5, 5.41) is 9.98. The van der Waals surface area contributed by atoms with Gasteiger partial charge < -0.3 is 10.0 Å². The van der Waals surface area contributed by atoms with Crippen LogP contribution in [0.15, 0.2) is 12.1 Å². The summed E-state index contributed by atoms with van der Waals surface area (Å²) in [4.78, 5) is 14.4. The van der Waals surface area contributed by atoms with Gasteiger partial charge in [-0.3, -0.25) is 4.79 Å². The van der Waals surface area contributed by atoms with Gasteiger partial charge in [0.25, 0.3) is 0 Å². The van der Waals surface area contributed by atoms with Crippen molar-refractivity contribution in [3.8, 4) is 5.75 Å². The lowest BCUT2D eigenvalue weighted by atomic mass is 10.1. The molecule has 0 saturated carbocycles. The van der Waals surface area contributed by atoms with Crippen molar-refractivity contribution in [2.75, 3.05) is 18.8 Å². The third-order valence-electron chi connectivity index (χ3n) is 3.02. The fraction of sp³-hybridized carbons (Fsp3) is 0.385. The number of rotatable bonds is 3. The predicted molar refractivity (Wildman–Crippen MR) is 104 cm³/mol. The Hall–Kier alpha value is 0.390. The van der Waals surface area contributed by atoms with Crippen LogP contribution in [0, 0.1) is 7.14 Å². The van der Waals surface area contributed by atoms with Crippen LogP contribution in [0.4, 0.5) is 0 Å². The number of ketones is 1. The first-order chi connectivity index (χ1) is 9.49. The van der Waals surface area contributed by atoms with Crippen molar-refractivity contribution in [3.05, 3.63) is 24.8 Å². The molecule has 0 aromatic heterocycles. The van der Waals surface area contributed by atoms with E-state index in [0.29, 0.717) is 9.13 Å². The molecule has 1 aliphatic heterocycles. The molecule has 7 heteroatoms.